The fraction of sp³-hybridized carbons (Fsp3) is 0.382. The van der Waals surface area contributed by atoms with Crippen LogP contribution in [0, 0.1) is 0 Å². The molecule has 1 amide bonds. The molecule has 224 valence electrons. The number of hydrogen-bond donors (Lipinski definition) is 2. The van der Waals surface area contributed by atoms with Crippen molar-refractivity contribution >= 4 is 23.2 Å². The molecule has 0 spiro atoms. The van der Waals surface area contributed by atoms with E-state index in [2.05, 4.69) is 77.5 Å². The Balaban J connectivity index is 1.46. The van der Waals surface area contributed by atoms with Crippen LogP contribution in [0.5, 0.6) is 0 Å². The van der Waals surface area contributed by atoms with Crippen molar-refractivity contribution in [2.45, 2.75) is 65.0 Å². The number of benzene rings is 2. The summed E-state index contributed by atoms with van der Waals surface area (Å²) in [5, 5.41) is 22.9. The van der Waals surface area contributed by atoms with E-state index in [9.17, 15) is 9.90 Å². The van der Waals surface area contributed by atoms with Crippen molar-refractivity contribution < 1.29 is 9.90 Å². The van der Waals surface area contributed by atoms with Gasteiger partial charge in [0.1, 0.15) is 0 Å². The zero-order valence-corrected chi connectivity index (χ0v) is 25.6. The third-order valence-electron chi connectivity index (χ3n) is 8.67. The Morgan fingerprint density at radius 2 is 1.86 bits per heavy atom. The van der Waals surface area contributed by atoms with E-state index >= 15 is 0 Å². The molecule has 0 saturated carbocycles. The summed E-state index contributed by atoms with van der Waals surface area (Å²) in [5.74, 6) is -0.110. The van der Waals surface area contributed by atoms with Gasteiger partial charge in [-0.25, -0.2) is 4.68 Å². The maximum atomic E-state index is 13.8. The monoisotopic (exact) mass is 598 g/mol. The maximum Gasteiger partial charge on any atom is 0.275 e. The Morgan fingerprint density at radius 3 is 2.56 bits per heavy atom. The predicted octanol–water partition coefficient (Wildman–Crippen LogP) is 6.27. The predicted molar refractivity (Wildman–Crippen MR) is 170 cm³/mol. The number of nitrogens with one attached hydrogen (secondary N) is 1. The fourth-order valence-electron chi connectivity index (χ4n) is 6.23. The number of rotatable bonds is 10. The lowest BCUT2D eigenvalue weighted by Gasteiger charge is -2.39. The van der Waals surface area contributed by atoms with Crippen molar-refractivity contribution in [1.29, 1.82) is 0 Å². The zero-order chi connectivity index (χ0) is 29.9. The third-order valence-corrected chi connectivity index (χ3v) is 9.06. The minimum absolute atomic E-state index is 0.0394. The number of fused-ring (bicyclic) bond motifs is 4. The fourth-order valence-corrected chi connectivity index (χ4v) is 6.51. The van der Waals surface area contributed by atoms with Crippen LogP contribution in [0.25, 0.3) is 22.5 Å². The summed E-state index contributed by atoms with van der Waals surface area (Å²) in [4.78, 5) is 18.0. The van der Waals surface area contributed by atoms with E-state index in [1.165, 1.54) is 11.1 Å². The summed E-state index contributed by atoms with van der Waals surface area (Å²) in [6.07, 6.45) is 11.0. The smallest absolute Gasteiger partial charge is 0.275 e. The van der Waals surface area contributed by atoms with Crippen molar-refractivity contribution in [3.05, 3.63) is 94.0 Å². The first kappa shape index (κ1) is 29.2. The summed E-state index contributed by atoms with van der Waals surface area (Å²) < 4.78 is 1.86. The van der Waals surface area contributed by atoms with Gasteiger partial charge in [-0.3, -0.25) is 9.89 Å². The van der Waals surface area contributed by atoms with Crippen molar-refractivity contribution in [3.63, 3.8) is 0 Å². The van der Waals surface area contributed by atoms with Gasteiger partial charge in [-0.05, 0) is 48.1 Å². The van der Waals surface area contributed by atoms with Crippen molar-refractivity contribution in [2.75, 3.05) is 19.7 Å². The van der Waals surface area contributed by atoms with E-state index in [4.69, 9.17) is 16.7 Å². The number of hydrogen-bond acceptors (Lipinski definition) is 5. The highest BCUT2D eigenvalue weighted by Gasteiger charge is 2.33. The van der Waals surface area contributed by atoms with Crippen LogP contribution in [0.3, 0.4) is 0 Å². The van der Waals surface area contributed by atoms with Gasteiger partial charge in [0.05, 0.1) is 35.2 Å². The summed E-state index contributed by atoms with van der Waals surface area (Å²) in [7, 11) is 0. The van der Waals surface area contributed by atoms with E-state index in [0.29, 0.717) is 36.8 Å². The molecule has 2 N–H and O–H groups in total. The van der Waals surface area contributed by atoms with Gasteiger partial charge in [0.15, 0.2) is 5.69 Å². The van der Waals surface area contributed by atoms with Crippen LogP contribution in [0.1, 0.15) is 72.4 Å². The molecular weight excluding hydrogens is 560 g/mol. The SMILES string of the molecule is CCCCN(CCCC)C(=O)c1nn2c(c1Cl)CC=C(N1Cc3ccccc3C[C@H]1CO)c1cc(-c3cn[nH]c3)ccc1-2. The van der Waals surface area contributed by atoms with Gasteiger partial charge in [-0.2, -0.15) is 10.2 Å². The standard InChI is InChI=1S/C34H39ClN6O2/c1-3-5-15-39(16-6-4-2)34(43)33-32(35)31-14-13-29(40-21-25-10-8-7-9-23(25)17-27(40)22-42)28-18-24(26-19-36-37-20-26)11-12-30(28)41(31)38-33/h7-13,18-20,27,42H,3-6,14-17,21-22H2,1-2H3,(H,36,37)/t27-/m0/s1. The van der Waals surface area contributed by atoms with E-state index in [-0.39, 0.29) is 18.6 Å². The summed E-state index contributed by atoms with van der Waals surface area (Å²) in [6.45, 7) is 6.39. The summed E-state index contributed by atoms with van der Waals surface area (Å²) in [5.41, 5.74) is 8.48. The molecule has 0 unspecified atom stereocenters. The number of amides is 1. The second-order valence-electron chi connectivity index (χ2n) is 11.5. The second-order valence-corrected chi connectivity index (χ2v) is 11.8. The average Bonchev–Trinajstić information content (AvgIpc) is 3.65. The highest BCUT2D eigenvalue weighted by molar-refractivity contribution is 6.34. The number of aliphatic hydroxyl groups is 1. The molecule has 0 fully saturated rings. The first-order chi connectivity index (χ1) is 21.0. The van der Waals surface area contributed by atoms with Crippen LogP contribution in [-0.4, -0.2) is 66.5 Å². The number of carbonyl (C=O) groups excluding carboxylic acids is 1. The Morgan fingerprint density at radius 1 is 1.09 bits per heavy atom. The van der Waals surface area contributed by atoms with E-state index in [1.807, 2.05) is 22.0 Å². The first-order valence-corrected chi connectivity index (χ1v) is 15.8. The van der Waals surface area contributed by atoms with Crippen molar-refractivity contribution in [1.82, 2.24) is 29.8 Å². The lowest BCUT2D eigenvalue weighted by atomic mass is 9.92. The normalized spacial score (nSPS) is 15.8. The molecular formula is C34H39ClN6O2. The first-order valence-electron chi connectivity index (χ1n) is 15.4. The molecule has 2 aliphatic heterocycles. The second kappa shape index (κ2) is 12.8. The van der Waals surface area contributed by atoms with Crippen molar-refractivity contribution in [2.24, 2.45) is 0 Å². The Labute approximate surface area is 258 Å². The minimum Gasteiger partial charge on any atom is -0.394 e. The maximum absolute atomic E-state index is 13.8. The van der Waals surface area contributed by atoms with Crippen molar-refractivity contribution in [3.8, 4) is 16.8 Å². The van der Waals surface area contributed by atoms with Gasteiger partial charge in [0.2, 0.25) is 0 Å². The topological polar surface area (TPSA) is 90.3 Å². The molecule has 6 rings (SSSR count). The highest BCUT2D eigenvalue weighted by atomic mass is 35.5. The van der Waals surface area contributed by atoms with Crippen LogP contribution in [0.15, 0.2) is 60.9 Å². The molecule has 4 aromatic rings. The summed E-state index contributed by atoms with van der Waals surface area (Å²) >= 11 is 7.03. The molecule has 2 aromatic heterocycles. The number of carbonyl (C=O) groups is 1. The van der Waals surface area contributed by atoms with Crippen LogP contribution in [0.2, 0.25) is 5.02 Å². The lowest BCUT2D eigenvalue weighted by Crippen LogP contribution is -2.41. The molecule has 1 atom stereocenters. The molecule has 43 heavy (non-hydrogen) atoms. The van der Waals surface area contributed by atoms with E-state index < -0.39 is 0 Å². The lowest BCUT2D eigenvalue weighted by molar-refractivity contribution is 0.0745. The third kappa shape index (κ3) is 5.61. The number of halogens is 1. The minimum atomic E-state index is -0.110. The van der Waals surface area contributed by atoms with Gasteiger partial charge in [-0.1, -0.05) is 74.7 Å². The number of aliphatic hydroxyl groups excluding tert-OH is 1. The van der Waals surface area contributed by atoms with Gasteiger partial charge in [0, 0.05) is 49.1 Å². The molecule has 0 saturated heterocycles. The zero-order valence-electron chi connectivity index (χ0n) is 24.9. The van der Waals surface area contributed by atoms with Gasteiger partial charge in [-0.15, -0.1) is 0 Å². The molecule has 8 nitrogen and oxygen atoms in total. The Bertz CT molecular complexity index is 1620. The van der Waals surface area contributed by atoms with Crippen LogP contribution < -0.4 is 0 Å². The molecule has 9 heteroatoms. The average molecular weight is 599 g/mol. The Kier molecular flexibility index (Phi) is 8.68. The number of aromatic nitrogens is 4. The van der Waals surface area contributed by atoms with Crippen LogP contribution in [0.4, 0.5) is 0 Å². The quantitative estimate of drug-likeness (QED) is 0.224. The number of allylic oxidation sites excluding steroid dienone is 1. The summed E-state index contributed by atoms with van der Waals surface area (Å²) in [6, 6.07) is 14.6. The molecule has 4 heterocycles. The Hall–Kier alpha value is -3.88. The largest absolute Gasteiger partial charge is 0.394 e. The van der Waals surface area contributed by atoms with Crippen LogP contribution in [-0.2, 0) is 19.4 Å². The number of nitrogens with zero attached hydrogens (tertiary/aromatic N) is 5. The van der Waals surface area contributed by atoms with E-state index in [0.717, 1.165) is 65.9 Å². The molecule has 2 aliphatic rings. The van der Waals surface area contributed by atoms with Gasteiger partial charge >= 0.3 is 0 Å². The highest BCUT2D eigenvalue weighted by Crippen LogP contribution is 2.39. The molecule has 0 bridgehead atoms. The molecule has 0 radical (unpaired) electrons. The number of unbranched alkanes of at least 4 members (excludes halogenated alkanes) is 2. The van der Waals surface area contributed by atoms with Gasteiger partial charge in [0.25, 0.3) is 5.91 Å². The van der Waals surface area contributed by atoms with Crippen LogP contribution >= 0.6 is 11.6 Å². The molecule has 2 aromatic carbocycles. The van der Waals surface area contributed by atoms with E-state index in [1.54, 1.807) is 0 Å². The number of H-pyrrole nitrogens is 1. The molecule has 0 aliphatic carbocycles. The van der Waals surface area contributed by atoms with Gasteiger partial charge < -0.3 is 14.9 Å². The number of aromatic amines is 1.